The molecule has 1 fully saturated rings. The van der Waals surface area contributed by atoms with Crippen LogP contribution in [0.1, 0.15) is 35.1 Å². The summed E-state index contributed by atoms with van der Waals surface area (Å²) in [5.41, 5.74) is 4.81. The van der Waals surface area contributed by atoms with E-state index >= 15 is 0 Å². The van der Waals surface area contributed by atoms with Crippen molar-refractivity contribution in [3.8, 4) is 5.75 Å². The number of hydrogen-bond donors (Lipinski definition) is 2. The maximum Gasteiger partial charge on any atom is 0.253 e. The van der Waals surface area contributed by atoms with Gasteiger partial charge in [0.05, 0.1) is 19.8 Å². The van der Waals surface area contributed by atoms with E-state index in [4.69, 9.17) is 21.7 Å². The molecule has 1 aliphatic heterocycles. The van der Waals surface area contributed by atoms with E-state index in [-0.39, 0.29) is 11.7 Å². The molecule has 6 nitrogen and oxygen atoms in total. The number of aryl methyl sites for hydroxylation is 2. The number of nitrogens with one attached hydrogen (secondary N) is 2. The summed E-state index contributed by atoms with van der Waals surface area (Å²) >= 11 is 5.76. The number of rotatable bonds is 7. The Morgan fingerprint density at radius 3 is 2.70 bits per heavy atom. The maximum atomic E-state index is 12.9. The molecular weight excluding hydrogens is 434 g/mol. The minimum atomic E-state index is -0.0887. The van der Waals surface area contributed by atoms with Crippen molar-refractivity contribution in [1.29, 1.82) is 0 Å². The van der Waals surface area contributed by atoms with E-state index in [9.17, 15) is 4.79 Å². The number of pyridine rings is 1. The van der Waals surface area contributed by atoms with Crippen LogP contribution in [0.5, 0.6) is 5.75 Å². The van der Waals surface area contributed by atoms with Crippen molar-refractivity contribution < 1.29 is 9.47 Å². The monoisotopic (exact) mass is 465 g/mol. The van der Waals surface area contributed by atoms with Crippen LogP contribution in [0.15, 0.2) is 47.3 Å². The fraction of sp³-hybridized carbons (Fsp3) is 0.385. The standard InChI is InChI=1S/C26H31N3O3S/c1-17-11-18(2)23-13-20(25(30)28-24(23)12-17)16-29(15-19-6-8-21(31-3)9-7-19)26(33)27-14-22-5-4-10-32-22/h6-9,11-13,22H,4-5,10,14-16H2,1-3H3,(H,27,33)(H,28,30). The van der Waals surface area contributed by atoms with E-state index in [1.54, 1.807) is 7.11 Å². The van der Waals surface area contributed by atoms with Gasteiger partial charge >= 0.3 is 0 Å². The molecule has 4 rings (SSSR count). The highest BCUT2D eigenvalue weighted by Crippen LogP contribution is 2.20. The second-order valence-corrected chi connectivity index (χ2v) is 9.08. The zero-order valence-corrected chi connectivity index (χ0v) is 20.3. The summed E-state index contributed by atoms with van der Waals surface area (Å²) in [6.45, 7) is 6.56. The molecule has 1 unspecified atom stereocenters. The first kappa shape index (κ1) is 23.3. The van der Waals surface area contributed by atoms with Gasteiger partial charge in [0.1, 0.15) is 5.75 Å². The second-order valence-electron chi connectivity index (χ2n) is 8.69. The number of methoxy groups -OCH3 is 1. The molecule has 1 atom stereocenters. The summed E-state index contributed by atoms with van der Waals surface area (Å²) in [6.07, 6.45) is 2.30. The third kappa shape index (κ3) is 5.72. The summed E-state index contributed by atoms with van der Waals surface area (Å²) in [6, 6.07) is 14.0. The van der Waals surface area contributed by atoms with Gasteiger partial charge in [-0.2, -0.15) is 0 Å². The molecule has 1 saturated heterocycles. The molecule has 0 radical (unpaired) electrons. The van der Waals surface area contributed by atoms with Gasteiger partial charge in [-0.3, -0.25) is 4.79 Å². The average molecular weight is 466 g/mol. The van der Waals surface area contributed by atoms with Crippen LogP contribution in [0, 0.1) is 13.8 Å². The lowest BCUT2D eigenvalue weighted by atomic mass is 10.0. The maximum absolute atomic E-state index is 12.9. The molecular formula is C26H31N3O3S. The fourth-order valence-electron chi connectivity index (χ4n) is 4.31. The second kappa shape index (κ2) is 10.4. The summed E-state index contributed by atoms with van der Waals surface area (Å²) in [5, 5.41) is 5.02. The van der Waals surface area contributed by atoms with Gasteiger partial charge in [0.15, 0.2) is 5.11 Å². The normalized spacial score (nSPS) is 15.5. The first-order valence-corrected chi connectivity index (χ1v) is 11.7. The molecule has 0 bridgehead atoms. The lowest BCUT2D eigenvalue weighted by Gasteiger charge is -2.27. The van der Waals surface area contributed by atoms with Gasteiger partial charge < -0.3 is 24.7 Å². The molecule has 2 heterocycles. The summed E-state index contributed by atoms with van der Waals surface area (Å²) < 4.78 is 11.0. The van der Waals surface area contributed by atoms with E-state index in [2.05, 4.69) is 23.3 Å². The first-order chi connectivity index (χ1) is 15.9. The van der Waals surface area contributed by atoms with Crippen molar-refractivity contribution in [3.63, 3.8) is 0 Å². The van der Waals surface area contributed by atoms with Crippen molar-refractivity contribution in [3.05, 3.63) is 75.1 Å². The molecule has 174 valence electrons. The highest BCUT2D eigenvalue weighted by atomic mass is 32.1. The van der Waals surface area contributed by atoms with Crippen molar-refractivity contribution in [2.75, 3.05) is 20.3 Å². The number of ether oxygens (including phenoxy) is 2. The topological polar surface area (TPSA) is 66.6 Å². The van der Waals surface area contributed by atoms with E-state index in [1.165, 1.54) is 0 Å². The smallest absolute Gasteiger partial charge is 0.253 e. The Balaban J connectivity index is 1.59. The Morgan fingerprint density at radius 1 is 1.21 bits per heavy atom. The summed E-state index contributed by atoms with van der Waals surface area (Å²) in [7, 11) is 1.65. The predicted octanol–water partition coefficient (Wildman–Crippen LogP) is 4.21. The van der Waals surface area contributed by atoms with Crippen molar-refractivity contribution in [2.45, 2.75) is 45.9 Å². The van der Waals surface area contributed by atoms with Crippen LogP contribution in [0.25, 0.3) is 10.9 Å². The molecule has 2 N–H and O–H groups in total. The van der Waals surface area contributed by atoms with Gasteiger partial charge in [-0.25, -0.2) is 0 Å². The molecule has 0 amide bonds. The van der Waals surface area contributed by atoms with E-state index in [1.807, 2.05) is 48.2 Å². The van der Waals surface area contributed by atoms with Gasteiger partial charge in [-0.05, 0) is 79.9 Å². The van der Waals surface area contributed by atoms with Crippen LogP contribution in [0.2, 0.25) is 0 Å². The highest BCUT2D eigenvalue weighted by molar-refractivity contribution is 7.80. The predicted molar refractivity (Wildman–Crippen MR) is 136 cm³/mol. The minimum Gasteiger partial charge on any atom is -0.497 e. The first-order valence-electron chi connectivity index (χ1n) is 11.3. The molecule has 1 aromatic heterocycles. The number of aromatic amines is 1. The van der Waals surface area contributed by atoms with Gasteiger partial charge in [0, 0.05) is 36.2 Å². The number of fused-ring (bicyclic) bond motifs is 1. The molecule has 0 spiro atoms. The molecule has 33 heavy (non-hydrogen) atoms. The van der Waals surface area contributed by atoms with Crippen molar-refractivity contribution in [1.82, 2.24) is 15.2 Å². The van der Waals surface area contributed by atoms with Gasteiger partial charge in [0.2, 0.25) is 0 Å². The Labute approximate surface area is 199 Å². The Morgan fingerprint density at radius 2 is 2.00 bits per heavy atom. The number of hydrogen-bond acceptors (Lipinski definition) is 4. The lowest BCUT2D eigenvalue weighted by Crippen LogP contribution is -2.42. The van der Waals surface area contributed by atoms with Crippen LogP contribution >= 0.6 is 12.2 Å². The quantitative estimate of drug-likeness (QED) is 0.510. The zero-order valence-electron chi connectivity index (χ0n) is 19.4. The summed E-state index contributed by atoms with van der Waals surface area (Å²) in [4.78, 5) is 18.0. The van der Waals surface area contributed by atoms with Crippen LogP contribution < -0.4 is 15.6 Å². The van der Waals surface area contributed by atoms with Crippen LogP contribution in [0.4, 0.5) is 0 Å². The fourth-order valence-corrected chi connectivity index (χ4v) is 4.52. The Hall–Kier alpha value is -2.90. The van der Waals surface area contributed by atoms with Crippen LogP contribution in [-0.2, 0) is 17.8 Å². The number of aromatic nitrogens is 1. The number of H-pyrrole nitrogens is 1. The molecule has 0 saturated carbocycles. The Kier molecular flexibility index (Phi) is 7.30. The summed E-state index contributed by atoms with van der Waals surface area (Å²) in [5.74, 6) is 0.807. The van der Waals surface area contributed by atoms with Gasteiger partial charge in [-0.1, -0.05) is 18.2 Å². The Bertz CT molecular complexity index is 1180. The van der Waals surface area contributed by atoms with E-state index in [0.717, 1.165) is 52.8 Å². The van der Waals surface area contributed by atoms with E-state index < -0.39 is 0 Å². The molecule has 1 aliphatic rings. The van der Waals surface area contributed by atoms with Gasteiger partial charge in [0.25, 0.3) is 5.56 Å². The lowest BCUT2D eigenvalue weighted by molar-refractivity contribution is 0.113. The van der Waals surface area contributed by atoms with Gasteiger partial charge in [-0.15, -0.1) is 0 Å². The molecule has 7 heteroatoms. The van der Waals surface area contributed by atoms with Crippen molar-refractivity contribution >= 4 is 28.2 Å². The minimum absolute atomic E-state index is 0.0887. The van der Waals surface area contributed by atoms with E-state index in [0.29, 0.717) is 30.3 Å². The molecule has 2 aromatic carbocycles. The molecule has 0 aliphatic carbocycles. The third-order valence-corrected chi connectivity index (χ3v) is 6.48. The largest absolute Gasteiger partial charge is 0.497 e. The number of nitrogens with zero attached hydrogens (tertiary/aromatic N) is 1. The number of benzene rings is 2. The average Bonchev–Trinajstić information content (AvgIpc) is 3.32. The van der Waals surface area contributed by atoms with Crippen molar-refractivity contribution in [2.24, 2.45) is 0 Å². The third-order valence-electron chi connectivity index (χ3n) is 6.08. The zero-order chi connectivity index (χ0) is 23.4. The molecule has 3 aromatic rings. The highest BCUT2D eigenvalue weighted by Gasteiger charge is 2.19. The van der Waals surface area contributed by atoms with Crippen LogP contribution in [0.3, 0.4) is 0 Å². The van der Waals surface area contributed by atoms with Crippen LogP contribution in [-0.4, -0.2) is 41.4 Å². The SMILES string of the molecule is COc1ccc(CN(Cc2cc3c(C)cc(C)cc3[nH]c2=O)C(=S)NCC2CCCO2)cc1. The number of thiocarbonyl (C=S) groups is 1.